The van der Waals surface area contributed by atoms with E-state index in [-0.39, 0.29) is 10.6 Å². The highest BCUT2D eigenvalue weighted by molar-refractivity contribution is 7.87. The molecule has 0 saturated heterocycles. The van der Waals surface area contributed by atoms with Crippen LogP contribution in [-0.4, -0.2) is 52.4 Å². The number of hydrogen-bond acceptors (Lipinski definition) is 5. The van der Waals surface area contributed by atoms with Gasteiger partial charge in [0.25, 0.3) is 5.56 Å². The molecule has 9 nitrogen and oxygen atoms in total. The van der Waals surface area contributed by atoms with E-state index in [0.717, 1.165) is 11.4 Å². The molecule has 15 heteroatoms. The van der Waals surface area contributed by atoms with E-state index in [1.807, 2.05) is 4.72 Å². The van der Waals surface area contributed by atoms with Gasteiger partial charge in [-0.15, -0.1) is 11.6 Å². The summed E-state index contributed by atoms with van der Waals surface area (Å²) >= 11 is 6.06. The maximum atomic E-state index is 14.7. The van der Waals surface area contributed by atoms with Gasteiger partial charge in [0.1, 0.15) is 11.9 Å². The summed E-state index contributed by atoms with van der Waals surface area (Å²) in [6.07, 6.45) is -8.02. The second kappa shape index (κ2) is 9.14. The molecule has 0 aliphatic heterocycles. The molecular weight excluding hydrogens is 484 g/mol. The third kappa shape index (κ3) is 5.17. The molecule has 1 amide bonds. The number of nitrogens with one attached hydrogen (secondary N) is 1. The molecule has 1 saturated carbocycles. The molecule has 0 bridgehead atoms. The summed E-state index contributed by atoms with van der Waals surface area (Å²) in [6.45, 7) is 3.12. The molecule has 2 rings (SSSR count). The van der Waals surface area contributed by atoms with Crippen LogP contribution in [0.5, 0.6) is 0 Å². The first-order valence-electron chi connectivity index (χ1n) is 9.46. The topological polar surface area (TPSA) is 110 Å². The van der Waals surface area contributed by atoms with Crippen LogP contribution in [0.2, 0.25) is 0 Å². The van der Waals surface area contributed by atoms with Crippen molar-refractivity contribution in [2.24, 2.45) is 13.0 Å². The highest BCUT2D eigenvalue weighted by Gasteiger charge is 2.44. The summed E-state index contributed by atoms with van der Waals surface area (Å²) in [5.74, 6) is -2.41. The Labute approximate surface area is 186 Å². The standard InChI is InChI=1S/C17H23ClF4N4O5S/c1-8(2)25(4)32(30,31)23-15(28)9-5-12(11(19)6-10(9)18)26-14(27)7-13(17(20,21)22)24(3)16(26)29/h7-12H,5-6H2,1-4H3,(H,23,28). The predicted octanol–water partition coefficient (Wildman–Crippen LogP) is 1.16. The Kier molecular flexibility index (Phi) is 7.52. The molecule has 1 heterocycles. The first kappa shape index (κ1) is 26.3. The highest BCUT2D eigenvalue weighted by Crippen LogP contribution is 2.37. The summed E-state index contributed by atoms with van der Waals surface area (Å²) in [5, 5.41) is -1.17. The first-order valence-corrected chi connectivity index (χ1v) is 11.3. The van der Waals surface area contributed by atoms with Gasteiger partial charge in [-0.3, -0.25) is 18.7 Å². The Morgan fingerprint density at radius 3 is 2.34 bits per heavy atom. The highest BCUT2D eigenvalue weighted by atomic mass is 35.5. The fraction of sp³-hybridized carbons (Fsp3) is 0.706. The van der Waals surface area contributed by atoms with Gasteiger partial charge in [-0.1, -0.05) is 0 Å². The van der Waals surface area contributed by atoms with Gasteiger partial charge >= 0.3 is 22.1 Å². The third-order valence-electron chi connectivity index (χ3n) is 5.45. The zero-order chi connectivity index (χ0) is 24.8. The normalized spacial score (nSPS) is 24.7. The van der Waals surface area contributed by atoms with Crippen LogP contribution in [0, 0.1) is 5.92 Å². The molecule has 0 aromatic carbocycles. The van der Waals surface area contributed by atoms with Crippen molar-refractivity contribution >= 4 is 27.7 Å². The Morgan fingerprint density at radius 2 is 1.84 bits per heavy atom. The van der Waals surface area contributed by atoms with Crippen LogP contribution in [0.1, 0.15) is 38.4 Å². The minimum atomic E-state index is -4.99. The molecule has 1 aromatic rings. The molecule has 1 aliphatic rings. The van der Waals surface area contributed by atoms with Gasteiger partial charge in [-0.25, -0.2) is 13.9 Å². The van der Waals surface area contributed by atoms with Crippen LogP contribution < -0.4 is 16.0 Å². The molecule has 1 N–H and O–H groups in total. The minimum Gasteiger partial charge on any atom is -0.292 e. The number of alkyl halides is 5. The van der Waals surface area contributed by atoms with Crippen LogP contribution in [0.15, 0.2) is 15.7 Å². The fourth-order valence-electron chi connectivity index (χ4n) is 3.40. The van der Waals surface area contributed by atoms with E-state index in [1.54, 1.807) is 13.8 Å². The fourth-order valence-corrected chi connectivity index (χ4v) is 4.89. The molecular formula is C17H23ClF4N4O5S. The average molecular weight is 507 g/mol. The van der Waals surface area contributed by atoms with Gasteiger partial charge in [0, 0.05) is 31.6 Å². The van der Waals surface area contributed by atoms with Crippen molar-refractivity contribution in [1.29, 1.82) is 0 Å². The van der Waals surface area contributed by atoms with E-state index in [9.17, 15) is 40.4 Å². The van der Waals surface area contributed by atoms with E-state index in [1.165, 1.54) is 7.05 Å². The van der Waals surface area contributed by atoms with Crippen LogP contribution in [0.4, 0.5) is 17.6 Å². The summed E-state index contributed by atoms with van der Waals surface area (Å²) in [7, 11) is -2.24. The second-order valence-corrected chi connectivity index (χ2v) is 10.1. The maximum absolute atomic E-state index is 14.7. The summed E-state index contributed by atoms with van der Waals surface area (Å²) in [4.78, 5) is 37.4. The second-order valence-electron chi connectivity index (χ2n) is 7.84. The largest absolute Gasteiger partial charge is 0.431 e. The molecule has 182 valence electrons. The van der Waals surface area contributed by atoms with Crippen molar-refractivity contribution in [2.45, 2.75) is 56.5 Å². The lowest BCUT2D eigenvalue weighted by Gasteiger charge is -2.35. The van der Waals surface area contributed by atoms with Gasteiger partial charge in [0.15, 0.2) is 0 Å². The minimum absolute atomic E-state index is 0.165. The molecule has 4 atom stereocenters. The van der Waals surface area contributed by atoms with Crippen molar-refractivity contribution in [3.8, 4) is 0 Å². The van der Waals surface area contributed by atoms with E-state index >= 15 is 0 Å². The number of halogens is 5. The Morgan fingerprint density at radius 1 is 1.28 bits per heavy atom. The van der Waals surface area contributed by atoms with Crippen LogP contribution in [0.25, 0.3) is 0 Å². The maximum Gasteiger partial charge on any atom is 0.431 e. The third-order valence-corrected chi connectivity index (χ3v) is 7.57. The monoisotopic (exact) mass is 506 g/mol. The molecule has 4 unspecified atom stereocenters. The molecule has 0 radical (unpaired) electrons. The first-order chi connectivity index (χ1) is 14.5. The molecule has 1 fully saturated rings. The van der Waals surface area contributed by atoms with Crippen molar-refractivity contribution in [1.82, 2.24) is 18.2 Å². The Balaban J connectivity index is 2.43. The van der Waals surface area contributed by atoms with Crippen molar-refractivity contribution in [2.75, 3.05) is 7.05 Å². The van der Waals surface area contributed by atoms with E-state index < -0.39 is 81.6 Å². The lowest BCUT2D eigenvalue weighted by atomic mass is 9.83. The van der Waals surface area contributed by atoms with Gasteiger partial charge < -0.3 is 0 Å². The quantitative estimate of drug-likeness (QED) is 0.476. The van der Waals surface area contributed by atoms with Gasteiger partial charge in [-0.2, -0.15) is 25.9 Å². The van der Waals surface area contributed by atoms with Crippen molar-refractivity contribution in [3.05, 3.63) is 32.6 Å². The van der Waals surface area contributed by atoms with Crippen LogP contribution in [0.3, 0.4) is 0 Å². The van der Waals surface area contributed by atoms with Crippen LogP contribution in [-0.2, 0) is 28.2 Å². The number of nitrogens with zero attached hydrogens (tertiary/aromatic N) is 3. The summed E-state index contributed by atoms with van der Waals surface area (Å²) in [5.41, 5.74) is -4.33. The number of rotatable bonds is 5. The number of carbonyl (C=O) groups excluding carboxylic acids is 1. The van der Waals surface area contributed by atoms with Gasteiger partial charge in [0.2, 0.25) is 5.91 Å². The zero-order valence-electron chi connectivity index (χ0n) is 17.6. The molecule has 1 aromatic heterocycles. The average Bonchev–Trinajstić information content (AvgIpc) is 2.64. The Bertz CT molecular complexity index is 1100. The number of carbonyl (C=O) groups is 1. The van der Waals surface area contributed by atoms with Crippen LogP contribution >= 0.6 is 11.6 Å². The number of amides is 1. The number of hydrogen-bond donors (Lipinski definition) is 1. The molecule has 1 aliphatic carbocycles. The van der Waals surface area contributed by atoms with Gasteiger partial charge in [-0.05, 0) is 26.7 Å². The lowest BCUT2D eigenvalue weighted by molar-refractivity contribution is -0.144. The van der Waals surface area contributed by atoms with Crippen molar-refractivity contribution in [3.63, 3.8) is 0 Å². The predicted molar refractivity (Wildman–Crippen MR) is 107 cm³/mol. The van der Waals surface area contributed by atoms with E-state index in [0.29, 0.717) is 4.57 Å². The lowest BCUT2D eigenvalue weighted by Crippen LogP contribution is -2.52. The number of aromatic nitrogens is 2. The van der Waals surface area contributed by atoms with Gasteiger partial charge in [0.05, 0.1) is 12.0 Å². The smallest absolute Gasteiger partial charge is 0.292 e. The SMILES string of the molecule is CC(C)N(C)S(=O)(=O)NC(=O)C1CC(n2c(=O)cc(C(F)(F)F)n(C)c2=O)C(F)CC1Cl. The summed E-state index contributed by atoms with van der Waals surface area (Å²) in [6, 6.07) is -1.94. The molecule has 0 spiro atoms. The van der Waals surface area contributed by atoms with E-state index in [4.69, 9.17) is 11.6 Å². The molecule has 32 heavy (non-hydrogen) atoms. The zero-order valence-corrected chi connectivity index (χ0v) is 19.1. The van der Waals surface area contributed by atoms with E-state index in [2.05, 4.69) is 0 Å². The Hall–Kier alpha value is -1.93. The summed E-state index contributed by atoms with van der Waals surface area (Å²) < 4.78 is 81.6. The van der Waals surface area contributed by atoms with Crippen molar-refractivity contribution < 1.29 is 30.8 Å².